The molecule has 13 heteroatoms. The van der Waals surface area contributed by atoms with Gasteiger partial charge in [0.1, 0.15) is 0 Å². The molecule has 2 amide bonds. The Balaban J connectivity index is 1.93. The number of hydrogen-bond acceptors (Lipinski definition) is 8. The molecule has 0 unspecified atom stereocenters. The number of hydrogen-bond donors (Lipinski definition) is 0. The fraction of sp³-hybridized carbons (Fsp3) is 0.273. The van der Waals surface area contributed by atoms with E-state index < -0.39 is 37.6 Å². The van der Waals surface area contributed by atoms with Crippen molar-refractivity contribution in [2.45, 2.75) is 38.1 Å². The van der Waals surface area contributed by atoms with E-state index in [1.54, 1.807) is 0 Å². The van der Waals surface area contributed by atoms with Gasteiger partial charge in [-0.05, 0) is 35.9 Å². The molecule has 0 N–H and O–H groups in total. The van der Waals surface area contributed by atoms with Crippen LogP contribution in [0.4, 0.5) is 13.2 Å². The molecule has 0 spiro atoms. The summed E-state index contributed by atoms with van der Waals surface area (Å²) in [6.07, 6.45) is 2.67. The molecule has 1 heterocycles. The maximum absolute atomic E-state index is 12.7. The van der Waals surface area contributed by atoms with Crippen LogP contribution in [0.1, 0.15) is 58.9 Å². The predicted molar refractivity (Wildman–Crippen MR) is 119 cm³/mol. The maximum Gasteiger partial charge on any atom is 0.525 e. The van der Waals surface area contributed by atoms with E-state index in [2.05, 4.69) is 16.1 Å². The van der Waals surface area contributed by atoms with E-state index >= 15 is 0 Å². The fourth-order valence-corrected chi connectivity index (χ4v) is 4.18. The van der Waals surface area contributed by atoms with E-state index in [-0.39, 0.29) is 39.0 Å². The molecule has 0 bridgehead atoms. The molecule has 1 aliphatic rings. The normalized spacial score (nSPS) is 13.5. The summed E-state index contributed by atoms with van der Waals surface area (Å²) in [4.78, 5) is 49.2. The summed E-state index contributed by atoms with van der Waals surface area (Å²) < 4.78 is 64.6. The first kappa shape index (κ1) is 26.4. The summed E-state index contributed by atoms with van der Waals surface area (Å²) in [5, 5.41) is -1.25. The van der Waals surface area contributed by atoms with Crippen LogP contribution in [-0.4, -0.2) is 41.0 Å². The van der Waals surface area contributed by atoms with Gasteiger partial charge in [-0.2, -0.15) is 21.6 Å². The molecule has 35 heavy (non-hydrogen) atoms. The molecule has 0 saturated heterocycles. The highest BCUT2D eigenvalue weighted by molar-refractivity contribution is 8.26. The van der Waals surface area contributed by atoms with Crippen molar-refractivity contribution < 1.29 is 45.1 Å². The minimum Gasteiger partial charge on any atom is -0.287 e. The summed E-state index contributed by atoms with van der Waals surface area (Å²) in [6.45, 7) is 1.98. The lowest BCUT2D eigenvalue weighted by Gasteiger charge is -2.25. The smallest absolute Gasteiger partial charge is 0.287 e. The third-order valence-corrected chi connectivity index (χ3v) is 6.45. The number of amides is 2. The molecule has 8 nitrogen and oxygen atoms in total. The summed E-state index contributed by atoms with van der Waals surface area (Å²) in [5.74, 6) is 2.05. The molecule has 3 rings (SSSR count). The molecule has 0 aliphatic carbocycles. The lowest BCUT2D eigenvalue weighted by molar-refractivity contribution is -0.111. The summed E-state index contributed by atoms with van der Waals surface area (Å²) in [6, 6.07) is 6.37. The van der Waals surface area contributed by atoms with Crippen LogP contribution in [0.3, 0.4) is 0 Å². The van der Waals surface area contributed by atoms with Gasteiger partial charge in [0, 0.05) is 29.1 Å². The minimum absolute atomic E-state index is 0.00861. The van der Waals surface area contributed by atoms with Gasteiger partial charge < -0.3 is 0 Å². The molecular weight excluding hydrogens is 511 g/mol. The van der Waals surface area contributed by atoms with Crippen LogP contribution >= 0.6 is 11.8 Å². The molecule has 0 saturated carbocycles. The number of carbonyl (C=O) groups is 4. The molecule has 2 aromatic rings. The fourth-order valence-electron chi connectivity index (χ4n) is 3.21. The number of unbranched alkanes of at least 4 members (excludes halogenated alkanes) is 2. The third-order valence-electron chi connectivity index (χ3n) is 4.82. The zero-order valence-corrected chi connectivity index (χ0v) is 19.6. The number of halogens is 3. The van der Waals surface area contributed by atoms with Crippen molar-refractivity contribution in [3.8, 4) is 11.8 Å². The SMILES string of the molecule is CCCCCC(=O)SC(=O)C#Cc1ccc2c3c(cccc13)C(=O)N(OS(=O)(=O)C(F)(F)F)C2=O. The molecule has 0 radical (unpaired) electrons. The molecular formula is C22H16F3NO7S2. The van der Waals surface area contributed by atoms with Crippen LogP contribution in [0.25, 0.3) is 10.8 Å². The lowest BCUT2D eigenvalue weighted by Crippen LogP contribution is -2.44. The van der Waals surface area contributed by atoms with Crippen molar-refractivity contribution >= 4 is 54.7 Å². The van der Waals surface area contributed by atoms with Gasteiger partial charge in [-0.15, -0.1) is 9.35 Å². The molecule has 2 aromatic carbocycles. The number of thioether (sulfide) groups is 1. The van der Waals surface area contributed by atoms with Gasteiger partial charge in [0.05, 0.1) is 11.1 Å². The van der Waals surface area contributed by atoms with E-state index in [4.69, 9.17) is 0 Å². The highest BCUT2D eigenvalue weighted by Crippen LogP contribution is 2.34. The van der Waals surface area contributed by atoms with Crippen LogP contribution in [0, 0.1) is 11.8 Å². The van der Waals surface area contributed by atoms with Crippen LogP contribution < -0.4 is 0 Å². The first-order valence-corrected chi connectivity index (χ1v) is 12.3. The third kappa shape index (κ3) is 5.55. The quantitative estimate of drug-likeness (QED) is 0.240. The van der Waals surface area contributed by atoms with Crippen molar-refractivity contribution in [3.05, 3.63) is 47.0 Å². The van der Waals surface area contributed by atoms with Crippen molar-refractivity contribution in [2.75, 3.05) is 0 Å². The summed E-state index contributed by atoms with van der Waals surface area (Å²) >= 11 is 0.473. The van der Waals surface area contributed by atoms with Crippen LogP contribution in [-0.2, 0) is 24.0 Å². The summed E-state index contributed by atoms with van der Waals surface area (Å²) in [7, 11) is -6.28. The Bertz CT molecular complexity index is 1380. The lowest BCUT2D eigenvalue weighted by atomic mass is 9.92. The summed E-state index contributed by atoms with van der Waals surface area (Å²) in [5.41, 5.74) is -6.26. The van der Waals surface area contributed by atoms with Gasteiger partial charge in [-0.3, -0.25) is 19.2 Å². The number of imide groups is 1. The average molecular weight is 527 g/mol. The van der Waals surface area contributed by atoms with Crippen LogP contribution in [0.15, 0.2) is 30.3 Å². The van der Waals surface area contributed by atoms with E-state index in [0.717, 1.165) is 18.9 Å². The Morgan fingerprint density at radius 1 is 1.06 bits per heavy atom. The number of alkyl halides is 3. The Hall–Kier alpha value is -3.21. The number of benzene rings is 2. The maximum atomic E-state index is 12.7. The Morgan fingerprint density at radius 2 is 1.71 bits per heavy atom. The minimum atomic E-state index is -6.28. The van der Waals surface area contributed by atoms with Crippen molar-refractivity contribution in [2.24, 2.45) is 0 Å². The second-order valence-electron chi connectivity index (χ2n) is 7.24. The molecule has 1 aliphatic heterocycles. The second-order valence-corrected chi connectivity index (χ2v) is 9.79. The highest BCUT2D eigenvalue weighted by atomic mass is 32.2. The van der Waals surface area contributed by atoms with Crippen molar-refractivity contribution in [3.63, 3.8) is 0 Å². The van der Waals surface area contributed by atoms with Gasteiger partial charge in [-0.1, -0.05) is 37.8 Å². The van der Waals surface area contributed by atoms with Crippen LogP contribution in [0.2, 0.25) is 0 Å². The van der Waals surface area contributed by atoms with E-state index in [0.29, 0.717) is 18.2 Å². The molecule has 184 valence electrons. The van der Waals surface area contributed by atoms with E-state index in [1.807, 2.05) is 6.92 Å². The zero-order valence-electron chi connectivity index (χ0n) is 18.0. The second kappa shape index (κ2) is 10.2. The molecule has 0 atom stereocenters. The van der Waals surface area contributed by atoms with E-state index in [1.165, 1.54) is 24.3 Å². The topological polar surface area (TPSA) is 115 Å². The molecule has 0 aromatic heterocycles. The van der Waals surface area contributed by atoms with Gasteiger partial charge in [-0.25, -0.2) is 0 Å². The first-order valence-electron chi connectivity index (χ1n) is 10.1. The zero-order chi connectivity index (χ0) is 26.0. The van der Waals surface area contributed by atoms with Gasteiger partial charge in [0.15, 0.2) is 5.12 Å². The number of hydroxylamine groups is 2. The Morgan fingerprint density at radius 3 is 2.34 bits per heavy atom. The monoisotopic (exact) mass is 527 g/mol. The molecule has 0 fully saturated rings. The Kier molecular flexibility index (Phi) is 7.68. The standard InChI is InChI=1S/C22H16F3NO7S2/c1-2-3-4-8-17(27)34-18(28)12-10-13-9-11-16-19-14(13)6-5-7-15(19)20(29)26(21(16)30)33-35(31,32)22(23,24)25/h5-7,9,11H,2-4,8H2,1H3. The van der Waals surface area contributed by atoms with Crippen molar-refractivity contribution in [1.82, 2.24) is 5.06 Å². The van der Waals surface area contributed by atoms with Gasteiger partial charge in [0.25, 0.3) is 16.9 Å². The number of nitrogens with zero attached hydrogens (tertiary/aromatic N) is 1. The number of rotatable bonds is 6. The Labute approximate surface area is 201 Å². The van der Waals surface area contributed by atoms with Crippen LogP contribution in [0.5, 0.6) is 0 Å². The predicted octanol–water partition coefficient (Wildman–Crippen LogP) is 3.94. The van der Waals surface area contributed by atoms with Crippen molar-refractivity contribution in [1.29, 1.82) is 0 Å². The van der Waals surface area contributed by atoms with Gasteiger partial charge in [0.2, 0.25) is 0 Å². The largest absolute Gasteiger partial charge is 0.525 e. The number of carbonyl (C=O) groups excluding carboxylic acids is 4. The first-order chi connectivity index (χ1) is 16.4. The highest BCUT2D eigenvalue weighted by Gasteiger charge is 2.51. The van der Waals surface area contributed by atoms with Gasteiger partial charge >= 0.3 is 15.6 Å². The van der Waals surface area contributed by atoms with E-state index in [9.17, 15) is 40.8 Å². The average Bonchev–Trinajstić information content (AvgIpc) is 2.78.